The highest BCUT2D eigenvalue weighted by Crippen LogP contribution is 2.40. The van der Waals surface area contributed by atoms with Crippen LogP contribution >= 0.6 is 0 Å². The first-order valence-electron chi connectivity index (χ1n) is 17.8. The van der Waals surface area contributed by atoms with Gasteiger partial charge in [-0.15, -0.1) is 0 Å². The van der Waals surface area contributed by atoms with E-state index in [1.54, 1.807) is 0 Å². The van der Waals surface area contributed by atoms with Crippen molar-refractivity contribution < 1.29 is 0 Å². The smallest absolute Gasteiger partial charge is 0.0540 e. The quantitative estimate of drug-likeness (QED) is 0.141. The maximum Gasteiger partial charge on any atom is 0.0540 e. The van der Waals surface area contributed by atoms with Crippen LogP contribution in [0.25, 0.3) is 34.1 Å². The third kappa shape index (κ3) is 6.88. The molecule has 0 aliphatic heterocycles. The number of anilines is 6. The third-order valence-corrected chi connectivity index (χ3v) is 9.61. The summed E-state index contributed by atoms with van der Waals surface area (Å²) < 4.78 is 0. The second-order valence-corrected chi connectivity index (χ2v) is 13.2. The first-order valence-corrected chi connectivity index (χ1v) is 17.8. The van der Waals surface area contributed by atoms with E-state index >= 15 is 0 Å². The summed E-state index contributed by atoms with van der Waals surface area (Å²) in [6.07, 6.45) is 4.45. The predicted octanol–water partition coefficient (Wildman–Crippen LogP) is 14.2. The molecular formula is C50H40N2. The summed E-state index contributed by atoms with van der Waals surface area (Å²) >= 11 is 0. The van der Waals surface area contributed by atoms with Gasteiger partial charge < -0.3 is 9.80 Å². The van der Waals surface area contributed by atoms with Gasteiger partial charge in [0.25, 0.3) is 0 Å². The number of aryl methyl sites for hydroxylation is 2. The van der Waals surface area contributed by atoms with Crippen molar-refractivity contribution in [1.82, 2.24) is 0 Å². The standard InChI is InChI=1S/C50H40N2/c1-37-17-30-46(31-18-37)52(47-32-19-38(2)20-33-47)50-36-29-42(48-15-9-10-16-49(48)50)26-23-39-21-24-40(25-22-39)41-27-34-45(35-28-41)51(43-11-5-3-6-12-43)44-13-7-4-8-14-44/h3-36H,1-2H3/b26-23+. The van der Waals surface area contributed by atoms with E-state index in [9.17, 15) is 0 Å². The Balaban J connectivity index is 1.06. The van der Waals surface area contributed by atoms with Crippen molar-refractivity contribution in [2.45, 2.75) is 13.8 Å². The summed E-state index contributed by atoms with van der Waals surface area (Å²) in [4.78, 5) is 4.65. The molecule has 0 unspecified atom stereocenters. The Morgan fingerprint density at radius 2 is 0.750 bits per heavy atom. The molecule has 8 aromatic rings. The van der Waals surface area contributed by atoms with Gasteiger partial charge in [0.15, 0.2) is 0 Å². The van der Waals surface area contributed by atoms with Crippen LogP contribution in [0.2, 0.25) is 0 Å². The number of fused-ring (bicyclic) bond motifs is 1. The largest absolute Gasteiger partial charge is 0.311 e. The van der Waals surface area contributed by atoms with Gasteiger partial charge in [0.1, 0.15) is 0 Å². The summed E-state index contributed by atoms with van der Waals surface area (Å²) in [6, 6.07) is 69.5. The summed E-state index contributed by atoms with van der Waals surface area (Å²) in [5.41, 5.74) is 14.1. The Kier molecular flexibility index (Phi) is 9.19. The first kappa shape index (κ1) is 32.6. The van der Waals surface area contributed by atoms with Crippen LogP contribution in [0.1, 0.15) is 22.3 Å². The molecule has 0 fully saturated rings. The van der Waals surface area contributed by atoms with Crippen molar-refractivity contribution in [2.24, 2.45) is 0 Å². The summed E-state index contributed by atoms with van der Waals surface area (Å²) in [6.45, 7) is 4.27. The lowest BCUT2D eigenvalue weighted by atomic mass is 9.99. The van der Waals surface area contributed by atoms with Crippen molar-refractivity contribution in [3.63, 3.8) is 0 Å². The van der Waals surface area contributed by atoms with E-state index in [2.05, 4.69) is 230 Å². The van der Waals surface area contributed by atoms with Crippen molar-refractivity contribution in [1.29, 1.82) is 0 Å². The lowest BCUT2D eigenvalue weighted by molar-refractivity contribution is 1.28. The maximum atomic E-state index is 2.36. The molecule has 8 rings (SSSR count). The van der Waals surface area contributed by atoms with Crippen molar-refractivity contribution in [3.05, 3.63) is 216 Å². The number of rotatable bonds is 9. The lowest BCUT2D eigenvalue weighted by Crippen LogP contribution is -2.10. The Morgan fingerprint density at radius 3 is 1.29 bits per heavy atom. The highest BCUT2D eigenvalue weighted by molar-refractivity contribution is 6.03. The molecule has 0 bridgehead atoms. The second kappa shape index (κ2) is 14.7. The van der Waals surface area contributed by atoms with Crippen molar-refractivity contribution >= 4 is 57.0 Å². The van der Waals surface area contributed by atoms with Crippen LogP contribution < -0.4 is 9.80 Å². The molecule has 0 aliphatic rings. The summed E-state index contributed by atoms with van der Waals surface area (Å²) in [5.74, 6) is 0. The Morgan fingerprint density at radius 1 is 0.327 bits per heavy atom. The van der Waals surface area contributed by atoms with Crippen LogP contribution in [-0.4, -0.2) is 0 Å². The lowest BCUT2D eigenvalue weighted by Gasteiger charge is -2.27. The molecule has 52 heavy (non-hydrogen) atoms. The molecule has 0 atom stereocenters. The van der Waals surface area contributed by atoms with Gasteiger partial charge in [-0.05, 0) is 108 Å². The summed E-state index contributed by atoms with van der Waals surface area (Å²) in [7, 11) is 0. The van der Waals surface area contributed by atoms with Crippen molar-refractivity contribution in [3.8, 4) is 11.1 Å². The van der Waals surface area contributed by atoms with Gasteiger partial charge in [0.2, 0.25) is 0 Å². The molecule has 250 valence electrons. The molecule has 0 saturated heterocycles. The van der Waals surface area contributed by atoms with Gasteiger partial charge in [-0.3, -0.25) is 0 Å². The molecular weight excluding hydrogens is 629 g/mol. The van der Waals surface area contributed by atoms with E-state index in [-0.39, 0.29) is 0 Å². The fourth-order valence-electron chi connectivity index (χ4n) is 6.84. The Bertz CT molecular complexity index is 2340. The molecule has 0 heterocycles. The maximum absolute atomic E-state index is 2.36. The van der Waals surface area contributed by atoms with Crippen LogP contribution in [0, 0.1) is 13.8 Å². The number of nitrogens with zero attached hydrogens (tertiary/aromatic N) is 2. The normalized spacial score (nSPS) is 11.2. The molecule has 2 heteroatoms. The van der Waals surface area contributed by atoms with Crippen LogP contribution in [-0.2, 0) is 0 Å². The van der Waals surface area contributed by atoms with Gasteiger partial charge in [0.05, 0.1) is 5.69 Å². The molecule has 8 aromatic carbocycles. The van der Waals surface area contributed by atoms with Crippen LogP contribution in [0.4, 0.5) is 34.1 Å². The van der Waals surface area contributed by atoms with Gasteiger partial charge in [-0.1, -0.05) is 151 Å². The molecule has 2 nitrogen and oxygen atoms in total. The second-order valence-electron chi connectivity index (χ2n) is 13.2. The van der Waals surface area contributed by atoms with E-state index < -0.39 is 0 Å². The van der Waals surface area contributed by atoms with E-state index in [4.69, 9.17) is 0 Å². The minimum absolute atomic E-state index is 1.12. The molecule has 0 saturated carbocycles. The molecule has 0 aromatic heterocycles. The molecule has 0 aliphatic carbocycles. The van der Waals surface area contributed by atoms with E-state index in [0.29, 0.717) is 0 Å². The zero-order valence-electron chi connectivity index (χ0n) is 29.5. The Labute approximate surface area is 307 Å². The van der Waals surface area contributed by atoms with Crippen LogP contribution in [0.15, 0.2) is 194 Å². The fraction of sp³-hybridized carbons (Fsp3) is 0.0400. The molecule has 0 N–H and O–H groups in total. The average Bonchev–Trinajstić information content (AvgIpc) is 3.20. The van der Waals surface area contributed by atoms with Crippen LogP contribution in [0.5, 0.6) is 0 Å². The minimum Gasteiger partial charge on any atom is -0.311 e. The average molecular weight is 669 g/mol. The number of para-hydroxylation sites is 2. The van der Waals surface area contributed by atoms with Crippen molar-refractivity contribution in [2.75, 3.05) is 9.80 Å². The predicted molar refractivity (Wildman–Crippen MR) is 224 cm³/mol. The minimum atomic E-state index is 1.12. The van der Waals surface area contributed by atoms with E-state index in [1.165, 1.54) is 38.6 Å². The van der Waals surface area contributed by atoms with E-state index in [0.717, 1.165) is 39.7 Å². The van der Waals surface area contributed by atoms with Gasteiger partial charge in [-0.2, -0.15) is 0 Å². The molecule has 0 radical (unpaired) electrons. The number of hydrogen-bond donors (Lipinski definition) is 0. The van der Waals surface area contributed by atoms with Gasteiger partial charge in [-0.25, -0.2) is 0 Å². The topological polar surface area (TPSA) is 6.48 Å². The molecule has 0 spiro atoms. The van der Waals surface area contributed by atoms with E-state index in [1.807, 2.05) is 0 Å². The number of benzene rings is 8. The van der Waals surface area contributed by atoms with Gasteiger partial charge in [0, 0.05) is 33.8 Å². The number of hydrogen-bond acceptors (Lipinski definition) is 2. The van der Waals surface area contributed by atoms with Gasteiger partial charge >= 0.3 is 0 Å². The Hall–Kier alpha value is -6.64. The zero-order valence-corrected chi connectivity index (χ0v) is 29.5. The third-order valence-electron chi connectivity index (χ3n) is 9.61. The SMILES string of the molecule is Cc1ccc(N(c2ccc(C)cc2)c2ccc(/C=C/c3ccc(-c4ccc(N(c5ccccc5)c5ccccc5)cc4)cc3)c3ccccc23)cc1. The monoisotopic (exact) mass is 668 g/mol. The highest BCUT2D eigenvalue weighted by Gasteiger charge is 2.16. The fourth-order valence-corrected chi connectivity index (χ4v) is 6.84. The molecule has 0 amide bonds. The van der Waals surface area contributed by atoms with Crippen LogP contribution in [0.3, 0.4) is 0 Å². The summed E-state index contributed by atoms with van der Waals surface area (Å²) in [5, 5.41) is 2.43. The zero-order chi connectivity index (χ0) is 35.3. The first-order chi connectivity index (χ1) is 25.6. The highest BCUT2D eigenvalue weighted by atomic mass is 15.1.